The zero-order valence-electron chi connectivity index (χ0n) is 34.5. The van der Waals surface area contributed by atoms with E-state index in [1.165, 1.54) is 140 Å². The third-order valence-electron chi connectivity index (χ3n) is 16.2. The lowest BCUT2D eigenvalue weighted by Gasteiger charge is -2.56. The number of anilines is 4. The molecule has 4 aliphatic heterocycles. The molecule has 3 heteroatoms. The minimum atomic E-state index is -0.442. The molecule has 0 radical (unpaired) electrons. The van der Waals surface area contributed by atoms with Gasteiger partial charge in [-0.2, -0.15) is 0 Å². The topological polar surface area (TPSA) is 6.48 Å². The summed E-state index contributed by atoms with van der Waals surface area (Å²) in [6.45, 7) is 7.71. The van der Waals surface area contributed by atoms with Crippen LogP contribution in [0.15, 0.2) is 146 Å². The van der Waals surface area contributed by atoms with Gasteiger partial charge in [0.2, 0.25) is 0 Å². The molecule has 13 rings (SSSR count). The molecule has 0 bridgehead atoms. The normalized spacial score (nSPS) is 21.3. The Balaban J connectivity index is 1.18. The highest BCUT2D eigenvalue weighted by molar-refractivity contribution is 6.93. The summed E-state index contributed by atoms with van der Waals surface area (Å²) in [6.07, 6.45) is 9.91. The number of aryl methyl sites for hydroxylation is 1. The number of fused-ring (bicyclic) bond motifs is 16. The molecule has 1 saturated carbocycles. The number of hydrogen-bond donors (Lipinski definition) is 0. The Kier molecular flexibility index (Phi) is 6.88. The molecule has 0 N–H and O–H groups in total. The predicted molar refractivity (Wildman–Crippen MR) is 248 cm³/mol. The minimum absolute atomic E-state index is 0.0240. The van der Waals surface area contributed by atoms with E-state index in [0.717, 1.165) is 6.42 Å². The maximum atomic E-state index is 3.01. The first-order chi connectivity index (χ1) is 29.0. The van der Waals surface area contributed by atoms with Crippen LogP contribution in [-0.2, 0) is 17.3 Å². The first-order valence-electron chi connectivity index (χ1n) is 22.4. The first-order valence-corrected chi connectivity index (χ1v) is 22.4. The van der Waals surface area contributed by atoms with Gasteiger partial charge in [0.25, 0.3) is 0 Å². The Bertz CT molecular complexity index is 2880. The molecule has 2 unspecified atom stereocenters. The van der Waals surface area contributed by atoms with Gasteiger partial charge in [-0.15, -0.1) is 0 Å². The SMILES string of the molecule is CCCCCc1cc2c3c(c1)C1(C)CCCCC1(C)N3B1c3cccc4c3N(c3ccccc3C43c4ccccc4-c4ccccc43)c3cc(-c4ccccc4)cc-2c31. The Morgan fingerprint density at radius 3 is 2.02 bits per heavy atom. The summed E-state index contributed by atoms with van der Waals surface area (Å²) in [5.41, 5.74) is 24.9. The van der Waals surface area contributed by atoms with Crippen molar-refractivity contribution in [1.82, 2.24) is 0 Å². The van der Waals surface area contributed by atoms with Gasteiger partial charge in [0.1, 0.15) is 0 Å². The smallest absolute Gasteiger partial charge is 0.328 e. The van der Waals surface area contributed by atoms with Crippen LogP contribution in [0.5, 0.6) is 0 Å². The van der Waals surface area contributed by atoms with Crippen molar-refractivity contribution < 1.29 is 0 Å². The standard InChI is InChI=1S/C56H49BN2/c1-4-5-7-19-36-32-42-41-34-38(37-20-8-6-9-21-37)35-50-51(41)57(59-52(42)47(33-36)54(2)30-16-17-31-55(54,59)3)48-28-18-27-46-53(48)58(50)49-29-15-14-26-45(49)56(46)43-24-12-10-22-39(43)40-23-11-13-25-44(40)56/h6,8-15,18,20-29,32-35H,4-5,7,16-17,19,30-31H2,1-3H3. The van der Waals surface area contributed by atoms with Crippen LogP contribution in [0.25, 0.3) is 33.4 Å². The number of para-hydroxylation sites is 2. The van der Waals surface area contributed by atoms with Crippen LogP contribution < -0.4 is 20.6 Å². The van der Waals surface area contributed by atoms with Crippen molar-refractivity contribution in [1.29, 1.82) is 0 Å². The highest BCUT2D eigenvalue weighted by Crippen LogP contribution is 2.66. The summed E-state index contributed by atoms with van der Waals surface area (Å²) in [5.74, 6) is 0. The highest BCUT2D eigenvalue weighted by Gasteiger charge is 2.64. The largest absolute Gasteiger partial charge is 0.400 e. The van der Waals surface area contributed by atoms with Crippen molar-refractivity contribution in [2.75, 3.05) is 9.71 Å². The molecule has 4 heterocycles. The molecule has 59 heavy (non-hydrogen) atoms. The average molecular weight is 761 g/mol. The van der Waals surface area contributed by atoms with Gasteiger partial charge in [0.05, 0.1) is 11.1 Å². The van der Waals surface area contributed by atoms with Crippen molar-refractivity contribution in [3.63, 3.8) is 0 Å². The van der Waals surface area contributed by atoms with Crippen molar-refractivity contribution in [2.24, 2.45) is 0 Å². The van der Waals surface area contributed by atoms with Gasteiger partial charge >= 0.3 is 6.85 Å². The molecule has 0 saturated heterocycles. The number of rotatable bonds is 5. The molecule has 7 aromatic carbocycles. The minimum Gasteiger partial charge on any atom is -0.400 e. The third kappa shape index (κ3) is 4.05. The zero-order chi connectivity index (χ0) is 39.3. The molecular weight excluding hydrogens is 711 g/mol. The van der Waals surface area contributed by atoms with Crippen molar-refractivity contribution in [2.45, 2.75) is 88.5 Å². The molecule has 0 amide bonds. The lowest BCUT2D eigenvalue weighted by molar-refractivity contribution is 0.199. The number of nitrogens with zero attached hydrogens (tertiary/aromatic N) is 2. The van der Waals surface area contributed by atoms with E-state index in [9.17, 15) is 0 Å². The van der Waals surface area contributed by atoms with Crippen molar-refractivity contribution in [3.05, 3.63) is 179 Å². The average Bonchev–Trinajstić information content (AvgIpc) is 3.68. The number of hydrogen-bond acceptors (Lipinski definition) is 2. The van der Waals surface area contributed by atoms with E-state index in [0.29, 0.717) is 0 Å². The molecule has 2 nitrogen and oxygen atoms in total. The van der Waals surface area contributed by atoms with Gasteiger partial charge in [0, 0.05) is 33.6 Å². The van der Waals surface area contributed by atoms with E-state index in [-0.39, 0.29) is 17.8 Å². The number of unbranched alkanes of at least 4 members (excludes halogenated alkanes) is 2. The van der Waals surface area contributed by atoms with E-state index in [2.05, 4.69) is 176 Å². The van der Waals surface area contributed by atoms with Gasteiger partial charge in [-0.25, -0.2) is 0 Å². The molecule has 0 aromatic heterocycles. The molecule has 1 fully saturated rings. The zero-order valence-corrected chi connectivity index (χ0v) is 34.5. The van der Waals surface area contributed by atoms with Crippen LogP contribution in [0.1, 0.15) is 99.1 Å². The fourth-order valence-electron chi connectivity index (χ4n) is 13.5. The van der Waals surface area contributed by atoms with Gasteiger partial charge in [-0.1, -0.05) is 161 Å². The van der Waals surface area contributed by atoms with Crippen LogP contribution in [0.3, 0.4) is 0 Å². The summed E-state index contributed by atoms with van der Waals surface area (Å²) in [6, 6.07) is 56.9. The van der Waals surface area contributed by atoms with E-state index < -0.39 is 5.41 Å². The maximum Gasteiger partial charge on any atom is 0.328 e. The fraction of sp³-hybridized carbons (Fsp3) is 0.250. The first kappa shape index (κ1) is 34.1. The monoisotopic (exact) mass is 760 g/mol. The third-order valence-corrected chi connectivity index (χ3v) is 16.2. The Morgan fingerprint density at radius 2 is 1.24 bits per heavy atom. The Morgan fingerprint density at radius 1 is 0.542 bits per heavy atom. The second kappa shape index (κ2) is 11.9. The molecule has 6 aliphatic rings. The summed E-state index contributed by atoms with van der Waals surface area (Å²) < 4.78 is 0. The van der Waals surface area contributed by atoms with E-state index in [1.54, 1.807) is 5.56 Å². The maximum absolute atomic E-state index is 3.01. The van der Waals surface area contributed by atoms with Crippen molar-refractivity contribution >= 4 is 40.5 Å². The molecule has 7 aromatic rings. The fourth-order valence-corrected chi connectivity index (χ4v) is 13.5. The lowest BCUT2D eigenvalue weighted by atomic mass is 9.41. The van der Waals surface area contributed by atoms with Crippen LogP contribution in [0, 0.1) is 0 Å². The van der Waals surface area contributed by atoms with E-state index in [1.807, 2.05) is 0 Å². The van der Waals surface area contributed by atoms with Crippen molar-refractivity contribution in [3.8, 4) is 33.4 Å². The summed E-state index contributed by atoms with van der Waals surface area (Å²) in [7, 11) is 0. The Labute approximate surface area is 349 Å². The molecule has 1 spiro atoms. The van der Waals surface area contributed by atoms with Crippen LogP contribution in [0.2, 0.25) is 0 Å². The van der Waals surface area contributed by atoms with Gasteiger partial charge in [0.15, 0.2) is 0 Å². The summed E-state index contributed by atoms with van der Waals surface area (Å²) in [4.78, 5) is 5.73. The van der Waals surface area contributed by atoms with Gasteiger partial charge in [-0.3, -0.25) is 0 Å². The molecule has 2 aliphatic carbocycles. The van der Waals surface area contributed by atoms with Crippen LogP contribution in [0.4, 0.5) is 22.7 Å². The van der Waals surface area contributed by atoms with Crippen LogP contribution >= 0.6 is 0 Å². The second-order valence-electron chi connectivity index (χ2n) is 18.8. The Hall–Kier alpha value is -5.80. The second-order valence-corrected chi connectivity index (χ2v) is 18.8. The van der Waals surface area contributed by atoms with E-state index >= 15 is 0 Å². The molecule has 2 atom stereocenters. The highest BCUT2D eigenvalue weighted by atomic mass is 15.2. The van der Waals surface area contributed by atoms with Gasteiger partial charge < -0.3 is 9.71 Å². The quantitative estimate of drug-likeness (QED) is 0.127. The van der Waals surface area contributed by atoms with E-state index in [4.69, 9.17) is 0 Å². The molecule has 286 valence electrons. The summed E-state index contributed by atoms with van der Waals surface area (Å²) >= 11 is 0. The lowest BCUT2D eigenvalue weighted by Crippen LogP contribution is -2.71. The molecular formula is C56H49BN2. The van der Waals surface area contributed by atoms with Gasteiger partial charge in [-0.05, 0) is 129 Å². The predicted octanol–water partition coefficient (Wildman–Crippen LogP) is 12.7. The number of benzene rings is 7. The summed E-state index contributed by atoms with van der Waals surface area (Å²) in [5, 5.41) is 0. The van der Waals surface area contributed by atoms with Crippen LogP contribution in [-0.4, -0.2) is 12.4 Å².